The van der Waals surface area contributed by atoms with Gasteiger partial charge in [0.15, 0.2) is 5.82 Å². The van der Waals surface area contributed by atoms with Gasteiger partial charge in [-0.1, -0.05) is 30.3 Å². The number of carbonyl (C=O) groups is 1. The molecule has 0 amide bonds. The molecule has 0 spiro atoms. The summed E-state index contributed by atoms with van der Waals surface area (Å²) in [4.78, 5) is 13.5. The van der Waals surface area contributed by atoms with E-state index in [1.165, 1.54) is 0 Å². The lowest BCUT2D eigenvalue weighted by atomic mass is 10.1. The van der Waals surface area contributed by atoms with Crippen molar-refractivity contribution in [1.82, 2.24) is 10.2 Å². The Hall–Kier alpha value is -2.43. The molecule has 2 rings (SSSR count). The van der Waals surface area contributed by atoms with Crippen molar-refractivity contribution < 1.29 is 9.90 Å². The van der Waals surface area contributed by atoms with Gasteiger partial charge in [0.25, 0.3) is 0 Å². The Balaban J connectivity index is 2.43. The van der Waals surface area contributed by atoms with Gasteiger partial charge in [0.2, 0.25) is 0 Å². The first-order chi connectivity index (χ1) is 10.0. The Kier molecular flexibility index (Phi) is 4.52. The van der Waals surface area contributed by atoms with E-state index in [0.717, 1.165) is 5.56 Å². The summed E-state index contributed by atoms with van der Waals surface area (Å²) in [6.45, 7) is 6.78. The maximum atomic E-state index is 11.6. The van der Waals surface area contributed by atoms with E-state index in [9.17, 15) is 9.90 Å². The monoisotopic (exact) mass is 285 g/mol. The zero-order valence-electron chi connectivity index (χ0n) is 12.5. The van der Waals surface area contributed by atoms with Crippen LogP contribution in [0.4, 0.5) is 5.82 Å². The van der Waals surface area contributed by atoms with Gasteiger partial charge in [-0.15, -0.1) is 5.10 Å². The summed E-state index contributed by atoms with van der Waals surface area (Å²) < 4.78 is 0. The number of nitrogens with zero attached hydrogens (tertiary/aromatic N) is 3. The maximum absolute atomic E-state index is 11.6. The van der Waals surface area contributed by atoms with Gasteiger partial charge in [-0.25, -0.2) is 4.79 Å². The summed E-state index contributed by atoms with van der Waals surface area (Å²) in [5.41, 5.74) is 2.65. The number of aromatic nitrogens is 2. The van der Waals surface area contributed by atoms with Crippen LogP contribution in [0.2, 0.25) is 0 Å². The molecule has 0 atom stereocenters. The van der Waals surface area contributed by atoms with Crippen molar-refractivity contribution in [1.29, 1.82) is 0 Å². The minimum absolute atomic E-state index is 0.236. The highest BCUT2D eigenvalue weighted by Gasteiger charge is 2.21. The van der Waals surface area contributed by atoms with Gasteiger partial charge in [-0.05, 0) is 31.9 Å². The minimum atomic E-state index is -0.966. The van der Waals surface area contributed by atoms with Crippen LogP contribution in [0.5, 0.6) is 0 Å². The smallest absolute Gasteiger partial charge is 0.339 e. The van der Waals surface area contributed by atoms with Crippen molar-refractivity contribution >= 4 is 11.8 Å². The van der Waals surface area contributed by atoms with Crippen LogP contribution in [-0.2, 0) is 6.54 Å². The van der Waals surface area contributed by atoms with Gasteiger partial charge in [0, 0.05) is 13.1 Å². The van der Waals surface area contributed by atoms with E-state index in [4.69, 9.17) is 0 Å². The number of aryl methyl sites for hydroxylation is 1. The first kappa shape index (κ1) is 15.0. The molecule has 1 N–H and O–H groups in total. The summed E-state index contributed by atoms with van der Waals surface area (Å²) in [6, 6.07) is 9.91. The topological polar surface area (TPSA) is 66.3 Å². The van der Waals surface area contributed by atoms with Crippen LogP contribution in [0.15, 0.2) is 30.3 Å². The number of aromatic carboxylic acids is 1. The predicted molar refractivity (Wildman–Crippen MR) is 81.6 cm³/mol. The number of hydrogen-bond acceptors (Lipinski definition) is 4. The molecule has 0 aliphatic carbocycles. The summed E-state index contributed by atoms with van der Waals surface area (Å²) >= 11 is 0. The molecule has 0 fully saturated rings. The summed E-state index contributed by atoms with van der Waals surface area (Å²) in [5, 5.41) is 17.7. The fourth-order valence-corrected chi connectivity index (χ4v) is 2.21. The fourth-order valence-electron chi connectivity index (χ4n) is 2.21. The number of carboxylic acid groups (broad SMARTS) is 1. The van der Waals surface area contributed by atoms with Crippen LogP contribution < -0.4 is 4.90 Å². The van der Waals surface area contributed by atoms with E-state index in [1.807, 2.05) is 42.2 Å². The van der Waals surface area contributed by atoms with Crippen LogP contribution in [0.3, 0.4) is 0 Å². The molecule has 2 aromatic rings. The van der Waals surface area contributed by atoms with Crippen molar-refractivity contribution in [3.63, 3.8) is 0 Å². The third-order valence-electron chi connectivity index (χ3n) is 3.55. The second-order valence-corrected chi connectivity index (χ2v) is 4.91. The highest BCUT2D eigenvalue weighted by molar-refractivity contribution is 5.95. The second-order valence-electron chi connectivity index (χ2n) is 4.91. The Bertz CT molecular complexity index is 641. The minimum Gasteiger partial charge on any atom is -0.478 e. The van der Waals surface area contributed by atoms with Crippen LogP contribution in [0.1, 0.15) is 34.1 Å². The molecule has 0 radical (unpaired) electrons. The lowest BCUT2D eigenvalue weighted by Crippen LogP contribution is -2.26. The van der Waals surface area contributed by atoms with Crippen LogP contribution in [0.25, 0.3) is 0 Å². The first-order valence-electron chi connectivity index (χ1n) is 6.90. The third-order valence-corrected chi connectivity index (χ3v) is 3.55. The van der Waals surface area contributed by atoms with Crippen LogP contribution in [-0.4, -0.2) is 27.8 Å². The molecule has 0 saturated carbocycles. The lowest BCUT2D eigenvalue weighted by molar-refractivity contribution is 0.0696. The highest BCUT2D eigenvalue weighted by Crippen LogP contribution is 2.23. The maximum Gasteiger partial charge on any atom is 0.339 e. The fraction of sp³-hybridized carbons (Fsp3) is 0.312. The molecule has 0 aliphatic heterocycles. The van der Waals surface area contributed by atoms with Gasteiger partial charge in [-0.3, -0.25) is 0 Å². The predicted octanol–water partition coefficient (Wildman–Crippen LogP) is 2.82. The molecule has 1 heterocycles. The summed E-state index contributed by atoms with van der Waals surface area (Å²) in [5.74, 6) is -0.538. The number of anilines is 1. The third kappa shape index (κ3) is 3.18. The number of benzene rings is 1. The Morgan fingerprint density at radius 2 is 1.86 bits per heavy atom. The molecule has 0 aliphatic rings. The van der Waals surface area contributed by atoms with E-state index >= 15 is 0 Å². The van der Waals surface area contributed by atoms with Crippen LogP contribution >= 0.6 is 0 Å². The van der Waals surface area contributed by atoms with E-state index in [0.29, 0.717) is 30.2 Å². The van der Waals surface area contributed by atoms with Crippen molar-refractivity contribution in [2.24, 2.45) is 0 Å². The van der Waals surface area contributed by atoms with Crippen LogP contribution in [0, 0.1) is 13.8 Å². The summed E-state index contributed by atoms with van der Waals surface area (Å²) in [7, 11) is 0. The van der Waals surface area contributed by atoms with Crippen molar-refractivity contribution in [2.75, 3.05) is 11.4 Å². The average Bonchev–Trinajstić information content (AvgIpc) is 2.48. The van der Waals surface area contributed by atoms with Gasteiger partial charge >= 0.3 is 5.97 Å². The highest BCUT2D eigenvalue weighted by atomic mass is 16.4. The molecule has 21 heavy (non-hydrogen) atoms. The van der Waals surface area contributed by atoms with E-state index < -0.39 is 5.97 Å². The Morgan fingerprint density at radius 1 is 1.19 bits per heavy atom. The van der Waals surface area contributed by atoms with Gasteiger partial charge in [0.05, 0.1) is 5.69 Å². The first-order valence-corrected chi connectivity index (χ1v) is 6.90. The molecule has 110 valence electrons. The molecular weight excluding hydrogens is 266 g/mol. The molecule has 1 aromatic heterocycles. The molecule has 0 saturated heterocycles. The number of rotatable bonds is 5. The van der Waals surface area contributed by atoms with Gasteiger partial charge < -0.3 is 10.0 Å². The van der Waals surface area contributed by atoms with E-state index in [-0.39, 0.29) is 5.56 Å². The van der Waals surface area contributed by atoms with Gasteiger partial charge in [0.1, 0.15) is 5.56 Å². The number of hydrogen-bond donors (Lipinski definition) is 1. The summed E-state index contributed by atoms with van der Waals surface area (Å²) in [6.07, 6.45) is 0. The number of carboxylic acids is 1. The molecular formula is C16H19N3O2. The van der Waals surface area contributed by atoms with Crippen molar-refractivity contribution in [2.45, 2.75) is 27.3 Å². The molecule has 0 unspecified atom stereocenters. The Morgan fingerprint density at radius 3 is 2.43 bits per heavy atom. The van der Waals surface area contributed by atoms with Gasteiger partial charge in [-0.2, -0.15) is 5.10 Å². The second kappa shape index (κ2) is 6.35. The normalized spacial score (nSPS) is 10.4. The van der Waals surface area contributed by atoms with Crippen molar-refractivity contribution in [3.8, 4) is 0 Å². The molecule has 1 aromatic carbocycles. The standard InChI is InChI=1S/C16H19N3O2/c1-4-19(10-13-8-6-5-7-9-13)15-14(16(20)21)11(2)12(3)17-18-15/h5-9H,4,10H2,1-3H3,(H,20,21). The zero-order valence-corrected chi connectivity index (χ0v) is 12.5. The van der Waals surface area contributed by atoms with E-state index in [2.05, 4.69) is 10.2 Å². The lowest BCUT2D eigenvalue weighted by Gasteiger charge is -2.24. The largest absolute Gasteiger partial charge is 0.478 e. The zero-order chi connectivity index (χ0) is 15.4. The van der Waals surface area contributed by atoms with Crippen molar-refractivity contribution in [3.05, 3.63) is 52.7 Å². The quantitative estimate of drug-likeness (QED) is 0.915. The molecule has 0 bridgehead atoms. The van der Waals surface area contributed by atoms with E-state index in [1.54, 1.807) is 13.8 Å². The SMILES string of the molecule is CCN(Cc1ccccc1)c1nnc(C)c(C)c1C(=O)O. The Labute approximate surface area is 124 Å². The average molecular weight is 285 g/mol. The molecule has 5 nitrogen and oxygen atoms in total. The molecule has 5 heteroatoms.